The van der Waals surface area contributed by atoms with Crippen molar-refractivity contribution in [3.63, 3.8) is 0 Å². The summed E-state index contributed by atoms with van der Waals surface area (Å²) in [6.07, 6.45) is 1.70. The molecule has 0 radical (unpaired) electrons. The van der Waals surface area contributed by atoms with Crippen molar-refractivity contribution < 1.29 is 4.74 Å². The van der Waals surface area contributed by atoms with Gasteiger partial charge in [-0.05, 0) is 24.6 Å². The number of hydrogen-bond donors (Lipinski definition) is 0. The zero-order chi connectivity index (χ0) is 12.3. The standard InChI is InChI=1S/C12H14ClN3O/c1-9(16-8-14-15-12(16)7-13)10-3-5-11(17-2)6-4-10/h3-6,8-9H,7H2,1-2H3. The molecular weight excluding hydrogens is 238 g/mol. The van der Waals surface area contributed by atoms with Crippen LogP contribution < -0.4 is 4.74 Å². The molecule has 0 aliphatic heterocycles. The maximum absolute atomic E-state index is 5.81. The highest BCUT2D eigenvalue weighted by Crippen LogP contribution is 2.21. The lowest BCUT2D eigenvalue weighted by atomic mass is 10.1. The molecule has 0 amide bonds. The van der Waals surface area contributed by atoms with Gasteiger partial charge in [-0.1, -0.05) is 12.1 Å². The van der Waals surface area contributed by atoms with Crippen LogP contribution in [0.1, 0.15) is 24.4 Å². The summed E-state index contributed by atoms with van der Waals surface area (Å²) in [6, 6.07) is 8.10. The van der Waals surface area contributed by atoms with Crippen LogP contribution in [0.3, 0.4) is 0 Å². The first kappa shape index (κ1) is 11.9. The number of ether oxygens (including phenoxy) is 1. The van der Waals surface area contributed by atoms with E-state index in [9.17, 15) is 0 Å². The zero-order valence-corrected chi connectivity index (χ0v) is 10.6. The lowest BCUT2D eigenvalue weighted by Gasteiger charge is -2.15. The molecule has 1 aromatic carbocycles. The lowest BCUT2D eigenvalue weighted by molar-refractivity contribution is 0.414. The van der Waals surface area contributed by atoms with Gasteiger partial charge in [0.1, 0.15) is 17.9 Å². The Kier molecular flexibility index (Phi) is 3.64. The predicted molar refractivity (Wildman–Crippen MR) is 66.4 cm³/mol. The van der Waals surface area contributed by atoms with Crippen molar-refractivity contribution in [2.45, 2.75) is 18.8 Å². The number of alkyl halides is 1. The quantitative estimate of drug-likeness (QED) is 0.785. The van der Waals surface area contributed by atoms with Crippen molar-refractivity contribution in [2.24, 2.45) is 0 Å². The predicted octanol–water partition coefficient (Wildman–Crippen LogP) is 2.63. The van der Waals surface area contributed by atoms with E-state index in [1.54, 1.807) is 13.4 Å². The number of halogens is 1. The minimum absolute atomic E-state index is 0.157. The summed E-state index contributed by atoms with van der Waals surface area (Å²) < 4.78 is 7.10. The van der Waals surface area contributed by atoms with E-state index in [-0.39, 0.29) is 6.04 Å². The number of rotatable bonds is 4. The van der Waals surface area contributed by atoms with Crippen LogP contribution >= 0.6 is 11.6 Å². The van der Waals surface area contributed by atoms with E-state index in [4.69, 9.17) is 16.3 Å². The maximum atomic E-state index is 5.81. The summed E-state index contributed by atoms with van der Waals surface area (Å²) in [7, 11) is 1.66. The Labute approximate surface area is 105 Å². The molecule has 0 saturated carbocycles. The van der Waals surface area contributed by atoms with Gasteiger partial charge in [-0.2, -0.15) is 0 Å². The van der Waals surface area contributed by atoms with Crippen LogP contribution in [0.15, 0.2) is 30.6 Å². The molecule has 1 heterocycles. The van der Waals surface area contributed by atoms with Gasteiger partial charge < -0.3 is 9.30 Å². The molecule has 90 valence electrons. The van der Waals surface area contributed by atoms with Gasteiger partial charge in [0.15, 0.2) is 0 Å². The summed E-state index contributed by atoms with van der Waals surface area (Å²) in [5, 5.41) is 7.85. The molecule has 2 aromatic rings. The van der Waals surface area contributed by atoms with E-state index in [1.807, 2.05) is 28.8 Å². The second-order valence-corrected chi connectivity index (χ2v) is 4.00. The van der Waals surface area contributed by atoms with Crippen molar-refractivity contribution >= 4 is 11.6 Å². The summed E-state index contributed by atoms with van der Waals surface area (Å²) in [4.78, 5) is 0. The highest BCUT2D eigenvalue weighted by Gasteiger charge is 2.12. The van der Waals surface area contributed by atoms with Crippen molar-refractivity contribution in [3.8, 4) is 5.75 Å². The molecule has 0 bridgehead atoms. The third-order valence-electron chi connectivity index (χ3n) is 2.78. The summed E-state index contributed by atoms with van der Waals surface area (Å²) in [5.74, 6) is 1.98. The topological polar surface area (TPSA) is 39.9 Å². The molecule has 4 nitrogen and oxygen atoms in total. The summed E-state index contributed by atoms with van der Waals surface area (Å²) in [6.45, 7) is 2.08. The van der Waals surface area contributed by atoms with Crippen LogP contribution in [0.5, 0.6) is 5.75 Å². The summed E-state index contributed by atoms with van der Waals surface area (Å²) >= 11 is 5.81. The van der Waals surface area contributed by atoms with Crippen molar-refractivity contribution in [1.82, 2.24) is 14.8 Å². The molecule has 0 saturated heterocycles. The zero-order valence-electron chi connectivity index (χ0n) is 9.80. The van der Waals surface area contributed by atoms with Gasteiger partial charge in [-0.15, -0.1) is 21.8 Å². The van der Waals surface area contributed by atoms with Gasteiger partial charge in [-0.25, -0.2) is 0 Å². The highest BCUT2D eigenvalue weighted by molar-refractivity contribution is 6.16. The van der Waals surface area contributed by atoms with Crippen LogP contribution in [0.25, 0.3) is 0 Å². The number of methoxy groups -OCH3 is 1. The first-order chi connectivity index (χ1) is 8.26. The fourth-order valence-corrected chi connectivity index (χ4v) is 1.92. The second-order valence-electron chi connectivity index (χ2n) is 3.74. The molecule has 5 heteroatoms. The van der Waals surface area contributed by atoms with Crippen molar-refractivity contribution in [2.75, 3.05) is 7.11 Å². The Bertz CT molecular complexity index is 481. The second kappa shape index (κ2) is 5.19. The fourth-order valence-electron chi connectivity index (χ4n) is 1.73. The molecule has 1 atom stereocenters. The molecule has 1 unspecified atom stereocenters. The number of nitrogens with zero attached hydrogens (tertiary/aromatic N) is 3. The Hall–Kier alpha value is -1.55. The molecule has 0 spiro atoms. The van der Waals surface area contributed by atoms with Gasteiger partial charge in [-0.3, -0.25) is 0 Å². The lowest BCUT2D eigenvalue weighted by Crippen LogP contribution is -2.08. The molecule has 0 N–H and O–H groups in total. The maximum Gasteiger partial charge on any atom is 0.148 e. The monoisotopic (exact) mass is 251 g/mol. The largest absolute Gasteiger partial charge is 0.497 e. The number of aromatic nitrogens is 3. The fraction of sp³-hybridized carbons (Fsp3) is 0.333. The van der Waals surface area contributed by atoms with E-state index in [0.29, 0.717) is 5.88 Å². The molecule has 2 rings (SSSR count). The van der Waals surface area contributed by atoms with Gasteiger partial charge in [0, 0.05) is 0 Å². The minimum atomic E-state index is 0.157. The van der Waals surface area contributed by atoms with Crippen molar-refractivity contribution in [1.29, 1.82) is 0 Å². The average molecular weight is 252 g/mol. The smallest absolute Gasteiger partial charge is 0.148 e. The molecule has 0 aliphatic carbocycles. The third kappa shape index (κ3) is 2.42. The first-order valence-electron chi connectivity index (χ1n) is 5.34. The van der Waals surface area contributed by atoms with Crippen molar-refractivity contribution in [3.05, 3.63) is 42.0 Å². The van der Waals surface area contributed by atoms with E-state index < -0.39 is 0 Å². The third-order valence-corrected chi connectivity index (χ3v) is 3.02. The van der Waals surface area contributed by atoms with Gasteiger partial charge in [0.05, 0.1) is 19.0 Å². The molecule has 17 heavy (non-hydrogen) atoms. The van der Waals surface area contributed by atoms with Crippen LogP contribution in [-0.2, 0) is 5.88 Å². The van der Waals surface area contributed by atoms with Crippen LogP contribution in [-0.4, -0.2) is 21.9 Å². The Balaban J connectivity index is 2.27. The van der Waals surface area contributed by atoms with Gasteiger partial charge in [0.2, 0.25) is 0 Å². The molecule has 1 aromatic heterocycles. The van der Waals surface area contributed by atoms with E-state index >= 15 is 0 Å². The van der Waals surface area contributed by atoms with Gasteiger partial charge in [0.25, 0.3) is 0 Å². The molecule has 0 aliphatic rings. The number of benzene rings is 1. The van der Waals surface area contributed by atoms with E-state index in [2.05, 4.69) is 17.1 Å². The Morgan fingerprint density at radius 3 is 2.65 bits per heavy atom. The highest BCUT2D eigenvalue weighted by atomic mass is 35.5. The molecule has 0 fully saturated rings. The van der Waals surface area contributed by atoms with Crippen LogP contribution in [0.4, 0.5) is 0 Å². The van der Waals surface area contributed by atoms with Gasteiger partial charge >= 0.3 is 0 Å². The minimum Gasteiger partial charge on any atom is -0.497 e. The van der Waals surface area contributed by atoms with E-state index in [0.717, 1.165) is 17.1 Å². The van der Waals surface area contributed by atoms with Crippen LogP contribution in [0.2, 0.25) is 0 Å². The average Bonchev–Trinajstić information content (AvgIpc) is 2.86. The SMILES string of the molecule is COc1ccc(C(C)n2cnnc2CCl)cc1. The normalized spacial score (nSPS) is 12.4. The summed E-state index contributed by atoms with van der Waals surface area (Å²) in [5.41, 5.74) is 1.16. The first-order valence-corrected chi connectivity index (χ1v) is 5.88. The number of hydrogen-bond acceptors (Lipinski definition) is 3. The van der Waals surface area contributed by atoms with Crippen LogP contribution in [0, 0.1) is 0 Å². The molecular formula is C12H14ClN3O. The Morgan fingerprint density at radius 1 is 1.35 bits per heavy atom. The van der Waals surface area contributed by atoms with E-state index in [1.165, 1.54) is 0 Å². The Morgan fingerprint density at radius 2 is 2.06 bits per heavy atom.